The van der Waals surface area contributed by atoms with Crippen LogP contribution in [0, 0.1) is 11.7 Å². The highest BCUT2D eigenvalue weighted by Gasteiger charge is 2.20. The summed E-state index contributed by atoms with van der Waals surface area (Å²) in [6, 6.07) is 6.53. The Hall–Kier alpha value is -1.13. The van der Waals surface area contributed by atoms with Gasteiger partial charge in [0, 0.05) is 31.9 Å². The van der Waals surface area contributed by atoms with Gasteiger partial charge in [-0.25, -0.2) is 4.39 Å². The van der Waals surface area contributed by atoms with Crippen molar-refractivity contribution in [2.24, 2.45) is 5.92 Å². The molecule has 1 atom stereocenters. The number of benzene rings is 1. The lowest BCUT2D eigenvalue weighted by Crippen LogP contribution is -2.31. The van der Waals surface area contributed by atoms with Gasteiger partial charge in [-0.1, -0.05) is 0 Å². The number of anilines is 1. The van der Waals surface area contributed by atoms with Gasteiger partial charge in [-0.2, -0.15) is 0 Å². The third-order valence-corrected chi connectivity index (χ3v) is 3.73. The lowest BCUT2D eigenvalue weighted by Gasteiger charge is -2.21. The number of likely N-dealkylation sites (N-methyl/N-ethyl adjacent to an activating group) is 1. The van der Waals surface area contributed by atoms with Gasteiger partial charge in [0.1, 0.15) is 5.82 Å². The molecule has 1 aromatic carbocycles. The lowest BCUT2D eigenvalue weighted by atomic mass is 10.1. The van der Waals surface area contributed by atoms with Gasteiger partial charge in [0.25, 0.3) is 0 Å². The standard InChI is InChI=1S/C15H24FN3/c1-18-9-7-13(11-18)12-19(2)10-8-17-15-5-3-14(16)4-6-15/h3-6,13,17H,7-12H2,1-2H3. The molecule has 19 heavy (non-hydrogen) atoms. The Kier molecular flexibility index (Phi) is 5.16. The van der Waals surface area contributed by atoms with E-state index in [4.69, 9.17) is 0 Å². The van der Waals surface area contributed by atoms with Crippen molar-refractivity contribution in [3.63, 3.8) is 0 Å². The number of rotatable bonds is 6. The third-order valence-electron chi connectivity index (χ3n) is 3.73. The van der Waals surface area contributed by atoms with Crippen molar-refractivity contribution >= 4 is 5.69 Å². The maximum Gasteiger partial charge on any atom is 0.123 e. The van der Waals surface area contributed by atoms with Crippen LogP contribution in [-0.4, -0.2) is 56.6 Å². The summed E-state index contributed by atoms with van der Waals surface area (Å²) in [6.07, 6.45) is 1.31. The normalized spacial score (nSPS) is 20.1. The number of nitrogens with one attached hydrogen (secondary N) is 1. The largest absolute Gasteiger partial charge is 0.384 e. The van der Waals surface area contributed by atoms with Crippen molar-refractivity contribution in [2.45, 2.75) is 6.42 Å². The number of nitrogens with zero attached hydrogens (tertiary/aromatic N) is 2. The van der Waals surface area contributed by atoms with Gasteiger partial charge < -0.3 is 15.1 Å². The van der Waals surface area contributed by atoms with E-state index in [0.29, 0.717) is 0 Å². The Morgan fingerprint density at radius 2 is 2.11 bits per heavy atom. The summed E-state index contributed by atoms with van der Waals surface area (Å²) in [6.45, 7) is 5.51. The van der Waals surface area contributed by atoms with E-state index in [1.54, 1.807) is 12.1 Å². The number of hydrogen-bond acceptors (Lipinski definition) is 3. The van der Waals surface area contributed by atoms with E-state index in [1.807, 2.05) is 0 Å². The minimum atomic E-state index is -0.187. The lowest BCUT2D eigenvalue weighted by molar-refractivity contribution is 0.281. The monoisotopic (exact) mass is 265 g/mol. The summed E-state index contributed by atoms with van der Waals surface area (Å²) < 4.78 is 12.8. The molecule has 0 radical (unpaired) electrons. The van der Waals surface area contributed by atoms with Gasteiger partial charge in [-0.3, -0.25) is 0 Å². The Balaban J connectivity index is 1.63. The molecule has 1 heterocycles. The maximum atomic E-state index is 12.8. The van der Waals surface area contributed by atoms with Crippen LogP contribution < -0.4 is 5.32 Å². The highest BCUT2D eigenvalue weighted by atomic mass is 19.1. The zero-order chi connectivity index (χ0) is 13.7. The summed E-state index contributed by atoms with van der Waals surface area (Å²) in [7, 11) is 4.36. The average molecular weight is 265 g/mol. The molecule has 1 N–H and O–H groups in total. The van der Waals surface area contributed by atoms with Gasteiger partial charge in [0.05, 0.1) is 0 Å². The van der Waals surface area contributed by atoms with E-state index in [-0.39, 0.29) is 5.82 Å². The molecule has 1 aliphatic heterocycles. The zero-order valence-corrected chi connectivity index (χ0v) is 11.9. The fourth-order valence-electron chi connectivity index (χ4n) is 2.67. The number of halogens is 1. The fourth-order valence-corrected chi connectivity index (χ4v) is 2.67. The SMILES string of the molecule is CN(CCNc1ccc(F)cc1)CC1CCN(C)C1. The van der Waals surface area contributed by atoms with Crippen molar-refractivity contribution in [2.75, 3.05) is 52.1 Å². The summed E-state index contributed by atoms with van der Waals surface area (Å²) in [5, 5.41) is 3.32. The quantitative estimate of drug-likeness (QED) is 0.850. The van der Waals surface area contributed by atoms with Crippen LogP contribution in [-0.2, 0) is 0 Å². The van der Waals surface area contributed by atoms with Crippen LogP contribution in [0.4, 0.5) is 10.1 Å². The van der Waals surface area contributed by atoms with Crippen LogP contribution in [0.5, 0.6) is 0 Å². The van der Waals surface area contributed by atoms with E-state index >= 15 is 0 Å². The molecule has 0 bridgehead atoms. The Labute approximate surface area is 115 Å². The van der Waals surface area contributed by atoms with Crippen LogP contribution in [0.3, 0.4) is 0 Å². The molecule has 1 fully saturated rings. The topological polar surface area (TPSA) is 18.5 Å². The molecule has 1 unspecified atom stereocenters. The first-order chi connectivity index (χ1) is 9.13. The molecule has 0 aromatic heterocycles. The third kappa shape index (κ3) is 4.80. The Morgan fingerprint density at radius 3 is 2.74 bits per heavy atom. The summed E-state index contributed by atoms with van der Waals surface area (Å²) in [5.41, 5.74) is 0.982. The minimum Gasteiger partial charge on any atom is -0.384 e. The highest BCUT2D eigenvalue weighted by Crippen LogP contribution is 2.15. The van der Waals surface area contributed by atoms with Crippen molar-refractivity contribution < 1.29 is 4.39 Å². The summed E-state index contributed by atoms with van der Waals surface area (Å²) in [4.78, 5) is 4.77. The summed E-state index contributed by atoms with van der Waals surface area (Å²) >= 11 is 0. The second-order valence-electron chi connectivity index (χ2n) is 5.61. The minimum absolute atomic E-state index is 0.187. The highest BCUT2D eigenvalue weighted by molar-refractivity contribution is 5.42. The van der Waals surface area contributed by atoms with Crippen LogP contribution >= 0.6 is 0 Å². The predicted octanol–water partition coefficient (Wildman–Crippen LogP) is 2.12. The van der Waals surface area contributed by atoms with Crippen molar-refractivity contribution in [3.05, 3.63) is 30.1 Å². The van der Waals surface area contributed by atoms with Gasteiger partial charge >= 0.3 is 0 Å². The smallest absolute Gasteiger partial charge is 0.123 e. The molecule has 0 aliphatic carbocycles. The zero-order valence-electron chi connectivity index (χ0n) is 11.9. The molecular weight excluding hydrogens is 241 g/mol. The van der Waals surface area contributed by atoms with Gasteiger partial charge in [0.2, 0.25) is 0 Å². The molecule has 3 nitrogen and oxygen atoms in total. The second kappa shape index (κ2) is 6.87. The maximum absolute atomic E-state index is 12.8. The first kappa shape index (κ1) is 14.3. The summed E-state index contributed by atoms with van der Waals surface area (Å²) in [5.74, 6) is 0.619. The van der Waals surface area contributed by atoms with Gasteiger partial charge in [-0.15, -0.1) is 0 Å². The van der Waals surface area contributed by atoms with Crippen LogP contribution in [0.15, 0.2) is 24.3 Å². The van der Waals surface area contributed by atoms with Crippen molar-refractivity contribution in [1.29, 1.82) is 0 Å². The first-order valence-electron chi connectivity index (χ1n) is 7.00. The number of likely N-dealkylation sites (tertiary alicyclic amines) is 1. The van der Waals surface area contributed by atoms with Crippen molar-refractivity contribution in [1.82, 2.24) is 9.80 Å². The molecule has 2 rings (SSSR count). The van der Waals surface area contributed by atoms with Crippen LogP contribution in [0.1, 0.15) is 6.42 Å². The van der Waals surface area contributed by atoms with E-state index in [9.17, 15) is 4.39 Å². The van der Waals surface area contributed by atoms with Crippen LogP contribution in [0.25, 0.3) is 0 Å². The molecule has 0 spiro atoms. The molecule has 1 saturated heterocycles. The molecule has 106 valence electrons. The first-order valence-corrected chi connectivity index (χ1v) is 7.00. The Bertz CT molecular complexity index is 379. The number of hydrogen-bond donors (Lipinski definition) is 1. The Morgan fingerprint density at radius 1 is 1.37 bits per heavy atom. The van der Waals surface area contributed by atoms with Crippen LogP contribution in [0.2, 0.25) is 0 Å². The van der Waals surface area contributed by atoms with Gasteiger partial charge in [-0.05, 0) is 57.2 Å². The average Bonchev–Trinajstić information content (AvgIpc) is 2.77. The van der Waals surface area contributed by atoms with Crippen molar-refractivity contribution in [3.8, 4) is 0 Å². The van der Waals surface area contributed by atoms with E-state index in [1.165, 1.54) is 31.6 Å². The molecule has 1 aromatic rings. The molecule has 0 amide bonds. The predicted molar refractivity (Wildman–Crippen MR) is 78.0 cm³/mol. The van der Waals surface area contributed by atoms with Gasteiger partial charge in [0.15, 0.2) is 0 Å². The molecular formula is C15H24FN3. The molecule has 1 aliphatic rings. The van der Waals surface area contributed by atoms with E-state index in [0.717, 1.165) is 31.2 Å². The molecule has 0 saturated carbocycles. The van der Waals surface area contributed by atoms with E-state index < -0.39 is 0 Å². The van der Waals surface area contributed by atoms with E-state index in [2.05, 4.69) is 29.2 Å². The molecule has 4 heteroatoms. The fraction of sp³-hybridized carbons (Fsp3) is 0.600. The second-order valence-corrected chi connectivity index (χ2v) is 5.61.